The van der Waals surface area contributed by atoms with Gasteiger partial charge in [0.25, 0.3) is 0 Å². The van der Waals surface area contributed by atoms with E-state index in [0.29, 0.717) is 17.5 Å². The quantitative estimate of drug-likeness (QED) is 0.162. The lowest BCUT2D eigenvalue weighted by Gasteiger charge is -2.29. The molecule has 0 fully saturated rings. The SMILES string of the molecule is c1ccc(-c2cccc(N(c3ccc4c(c3)oc3ccccc34)c3ccc(-c4nc(-c5ccccc5)nc(-c5ccccc5)n4)c4c3-c3cccc5cccc-4c35)c2)cc1. The van der Waals surface area contributed by atoms with Gasteiger partial charge in [-0.15, -0.1) is 0 Å². The number of anilines is 3. The Morgan fingerprint density at radius 1 is 0.350 bits per heavy atom. The highest BCUT2D eigenvalue weighted by Gasteiger charge is 2.31. The third kappa shape index (κ3) is 5.52. The van der Waals surface area contributed by atoms with Gasteiger partial charge in [-0.05, 0) is 75.5 Å². The number of rotatable bonds is 7. The zero-order valence-electron chi connectivity index (χ0n) is 32.3. The van der Waals surface area contributed by atoms with Crippen molar-refractivity contribution in [1.29, 1.82) is 0 Å². The van der Waals surface area contributed by atoms with E-state index in [0.717, 1.165) is 83.5 Å². The van der Waals surface area contributed by atoms with Crippen molar-refractivity contribution in [3.63, 3.8) is 0 Å². The summed E-state index contributed by atoms with van der Waals surface area (Å²) in [6.07, 6.45) is 0. The molecule has 11 aromatic rings. The van der Waals surface area contributed by atoms with E-state index >= 15 is 0 Å². The highest BCUT2D eigenvalue weighted by atomic mass is 16.3. The Morgan fingerprint density at radius 2 is 0.917 bits per heavy atom. The highest BCUT2D eigenvalue weighted by Crippen LogP contribution is 2.56. The van der Waals surface area contributed by atoms with Gasteiger partial charge in [0.05, 0.1) is 5.69 Å². The Kier molecular flexibility index (Phi) is 7.78. The lowest BCUT2D eigenvalue weighted by atomic mass is 9.94. The molecule has 12 rings (SSSR count). The van der Waals surface area contributed by atoms with Crippen molar-refractivity contribution >= 4 is 49.8 Å². The third-order valence-electron chi connectivity index (χ3n) is 11.6. The number of hydrogen-bond donors (Lipinski definition) is 0. The molecule has 0 radical (unpaired) electrons. The van der Waals surface area contributed by atoms with E-state index < -0.39 is 0 Å². The molecule has 0 aliphatic heterocycles. The first kappa shape index (κ1) is 33.9. The van der Waals surface area contributed by atoms with Crippen LogP contribution in [0.3, 0.4) is 0 Å². The van der Waals surface area contributed by atoms with E-state index in [9.17, 15) is 0 Å². The molecule has 0 saturated heterocycles. The van der Waals surface area contributed by atoms with Gasteiger partial charge in [-0.2, -0.15) is 0 Å². The van der Waals surface area contributed by atoms with Crippen LogP contribution in [0.15, 0.2) is 211 Å². The molecule has 1 aliphatic rings. The van der Waals surface area contributed by atoms with Gasteiger partial charge in [-0.1, -0.05) is 158 Å². The van der Waals surface area contributed by atoms with Gasteiger partial charge in [0.15, 0.2) is 17.5 Å². The Labute approximate surface area is 346 Å². The maximum Gasteiger partial charge on any atom is 0.164 e. The second-order valence-corrected chi connectivity index (χ2v) is 15.2. The number of hydrogen-bond acceptors (Lipinski definition) is 5. The molecule has 2 heterocycles. The molecule has 5 heteroatoms. The molecule has 0 bridgehead atoms. The van der Waals surface area contributed by atoms with Crippen LogP contribution < -0.4 is 4.90 Å². The van der Waals surface area contributed by atoms with Gasteiger partial charge in [0, 0.05) is 56.0 Å². The molecule has 1 aliphatic carbocycles. The van der Waals surface area contributed by atoms with Crippen LogP contribution in [0.1, 0.15) is 0 Å². The Bertz CT molecular complexity index is 3370. The van der Waals surface area contributed by atoms with Gasteiger partial charge in [-0.25, -0.2) is 15.0 Å². The maximum atomic E-state index is 6.52. The van der Waals surface area contributed by atoms with Crippen molar-refractivity contribution in [3.8, 4) is 67.5 Å². The molecule has 0 atom stereocenters. The fraction of sp³-hybridized carbons (Fsp3) is 0. The summed E-state index contributed by atoms with van der Waals surface area (Å²) in [4.78, 5) is 17.9. The van der Waals surface area contributed by atoms with E-state index in [4.69, 9.17) is 19.4 Å². The molecule has 0 spiro atoms. The molecular weight excluding hydrogens is 733 g/mol. The zero-order chi connectivity index (χ0) is 39.6. The summed E-state index contributed by atoms with van der Waals surface area (Å²) in [5.41, 5.74) is 14.4. The third-order valence-corrected chi connectivity index (χ3v) is 11.6. The summed E-state index contributed by atoms with van der Waals surface area (Å²) in [5.74, 6) is 1.88. The normalized spacial score (nSPS) is 11.7. The van der Waals surface area contributed by atoms with Crippen molar-refractivity contribution in [2.45, 2.75) is 0 Å². The molecule has 0 N–H and O–H groups in total. The van der Waals surface area contributed by atoms with E-state index in [2.05, 4.69) is 163 Å². The largest absolute Gasteiger partial charge is 0.456 e. The smallest absolute Gasteiger partial charge is 0.164 e. The first-order valence-electron chi connectivity index (χ1n) is 20.2. The number of aromatic nitrogens is 3. The van der Waals surface area contributed by atoms with Gasteiger partial charge < -0.3 is 9.32 Å². The summed E-state index contributed by atoms with van der Waals surface area (Å²) < 4.78 is 6.52. The standard InChI is InChI=1S/C55H34N4O/c1-4-15-35(16-5-1)39-23-12-24-40(33-39)59(41-29-30-43-42-25-10-11-28-48(42)60-49(43)34-41)47-32-31-46(51-44-26-13-21-36-22-14-27-45(50(36)44)52(47)51)55-57-53(37-17-6-2-7-18-37)56-54(58-55)38-19-8-3-9-20-38/h1-34H. The van der Waals surface area contributed by atoms with Crippen LogP contribution in [-0.4, -0.2) is 15.0 Å². The summed E-state index contributed by atoms with van der Waals surface area (Å²) >= 11 is 0. The molecule has 2 aromatic heterocycles. The first-order chi connectivity index (χ1) is 29.7. The second kappa shape index (κ2) is 13.8. The topological polar surface area (TPSA) is 55.1 Å². The minimum Gasteiger partial charge on any atom is -0.456 e. The zero-order valence-corrected chi connectivity index (χ0v) is 32.3. The predicted molar refractivity (Wildman–Crippen MR) is 245 cm³/mol. The number of benzene rings is 9. The second-order valence-electron chi connectivity index (χ2n) is 15.2. The van der Waals surface area contributed by atoms with Gasteiger partial charge in [-0.3, -0.25) is 0 Å². The molecule has 0 unspecified atom stereocenters. The van der Waals surface area contributed by atoms with Crippen LogP contribution in [0.2, 0.25) is 0 Å². The molecule has 0 amide bonds. The summed E-state index contributed by atoms with van der Waals surface area (Å²) in [5, 5.41) is 4.59. The first-order valence-corrected chi connectivity index (χ1v) is 20.2. The van der Waals surface area contributed by atoms with E-state index in [1.165, 1.54) is 16.3 Å². The van der Waals surface area contributed by atoms with Crippen LogP contribution in [0.25, 0.3) is 100 Å². The number of fused-ring (bicyclic) bond motifs is 6. The van der Waals surface area contributed by atoms with Crippen molar-refractivity contribution < 1.29 is 4.42 Å². The highest BCUT2D eigenvalue weighted by molar-refractivity contribution is 6.21. The number of furan rings is 1. The van der Waals surface area contributed by atoms with Crippen molar-refractivity contribution in [2.75, 3.05) is 4.90 Å². The average Bonchev–Trinajstić information content (AvgIpc) is 3.87. The molecule has 9 aromatic carbocycles. The summed E-state index contributed by atoms with van der Waals surface area (Å²) in [7, 11) is 0. The van der Waals surface area contributed by atoms with Gasteiger partial charge in [0.1, 0.15) is 11.2 Å². The summed E-state index contributed by atoms with van der Waals surface area (Å²) in [6.45, 7) is 0. The maximum absolute atomic E-state index is 6.52. The predicted octanol–water partition coefficient (Wildman–Crippen LogP) is 14.7. The minimum absolute atomic E-state index is 0.622. The van der Waals surface area contributed by atoms with Crippen molar-refractivity contribution in [3.05, 3.63) is 206 Å². The Balaban J connectivity index is 1.14. The molecule has 280 valence electrons. The average molecular weight is 767 g/mol. The Morgan fingerprint density at radius 3 is 1.63 bits per heavy atom. The number of para-hydroxylation sites is 1. The monoisotopic (exact) mass is 766 g/mol. The van der Waals surface area contributed by atoms with Crippen LogP contribution in [0.4, 0.5) is 17.1 Å². The molecular formula is C55H34N4O. The molecule has 60 heavy (non-hydrogen) atoms. The van der Waals surface area contributed by atoms with E-state index in [1.54, 1.807) is 0 Å². The van der Waals surface area contributed by atoms with Gasteiger partial charge >= 0.3 is 0 Å². The summed E-state index contributed by atoms with van der Waals surface area (Å²) in [6, 6.07) is 72.2. The lowest BCUT2D eigenvalue weighted by molar-refractivity contribution is 0.669. The van der Waals surface area contributed by atoms with Crippen LogP contribution >= 0.6 is 0 Å². The van der Waals surface area contributed by atoms with Crippen molar-refractivity contribution in [1.82, 2.24) is 15.0 Å². The Hall–Kier alpha value is -8.15. The van der Waals surface area contributed by atoms with Crippen molar-refractivity contribution in [2.24, 2.45) is 0 Å². The van der Waals surface area contributed by atoms with E-state index in [1.807, 2.05) is 48.5 Å². The van der Waals surface area contributed by atoms with E-state index in [-0.39, 0.29) is 0 Å². The fourth-order valence-corrected chi connectivity index (χ4v) is 8.94. The van der Waals surface area contributed by atoms with Crippen LogP contribution in [0.5, 0.6) is 0 Å². The van der Waals surface area contributed by atoms with Gasteiger partial charge in [0.2, 0.25) is 0 Å². The molecule has 0 saturated carbocycles. The molecule has 5 nitrogen and oxygen atoms in total. The van der Waals surface area contributed by atoms with Crippen LogP contribution in [-0.2, 0) is 0 Å². The minimum atomic E-state index is 0.622. The lowest BCUT2D eigenvalue weighted by Crippen LogP contribution is -2.12. The number of nitrogens with zero attached hydrogens (tertiary/aromatic N) is 4. The van der Waals surface area contributed by atoms with Crippen LogP contribution in [0, 0.1) is 0 Å². The fourth-order valence-electron chi connectivity index (χ4n) is 8.94.